The second-order valence-corrected chi connectivity index (χ2v) is 4.33. The summed E-state index contributed by atoms with van der Waals surface area (Å²) in [6.45, 7) is 0. The lowest BCUT2D eigenvalue weighted by Gasteiger charge is -2.18. The molecule has 15 heavy (non-hydrogen) atoms. The number of rotatable bonds is 1. The second-order valence-electron chi connectivity index (χ2n) is 4.33. The van der Waals surface area contributed by atoms with Crippen molar-refractivity contribution in [1.82, 2.24) is 5.32 Å². The maximum absolute atomic E-state index is 11.1. The van der Waals surface area contributed by atoms with Crippen LogP contribution in [-0.2, 0) is 4.74 Å². The van der Waals surface area contributed by atoms with Crippen molar-refractivity contribution in [2.45, 2.75) is 63.9 Å². The number of alkyl carbamates (subject to hydrolysis) is 1. The molecule has 0 spiro atoms. The van der Waals surface area contributed by atoms with E-state index in [1.807, 2.05) is 0 Å². The predicted octanol–water partition coefficient (Wildman–Crippen LogP) is 3.24. The van der Waals surface area contributed by atoms with Gasteiger partial charge in [-0.05, 0) is 25.7 Å². The summed E-state index contributed by atoms with van der Waals surface area (Å²) in [5.74, 6) is 0. The van der Waals surface area contributed by atoms with Crippen LogP contribution >= 0.6 is 0 Å². The van der Waals surface area contributed by atoms with Crippen LogP contribution in [0.15, 0.2) is 0 Å². The highest BCUT2D eigenvalue weighted by atomic mass is 16.6. The Morgan fingerprint density at radius 3 is 1.93 bits per heavy atom. The maximum atomic E-state index is 11.1. The molecular weight excluding hydrogens is 190 g/mol. The third kappa shape index (κ3) is 5.65. The molecular formula is C12H23NO2. The van der Waals surface area contributed by atoms with Gasteiger partial charge in [-0.2, -0.15) is 0 Å². The smallest absolute Gasteiger partial charge is 0.407 e. The highest BCUT2D eigenvalue weighted by molar-refractivity contribution is 5.66. The minimum absolute atomic E-state index is 0.142. The summed E-state index contributed by atoms with van der Waals surface area (Å²) in [5, 5.41) is 2.52. The Balaban J connectivity index is 2.28. The molecule has 0 aromatic heterocycles. The van der Waals surface area contributed by atoms with Gasteiger partial charge >= 0.3 is 6.09 Å². The van der Waals surface area contributed by atoms with Gasteiger partial charge in [-0.15, -0.1) is 0 Å². The maximum Gasteiger partial charge on any atom is 0.407 e. The monoisotopic (exact) mass is 213 g/mol. The van der Waals surface area contributed by atoms with Gasteiger partial charge in [0.2, 0.25) is 0 Å². The van der Waals surface area contributed by atoms with Crippen LogP contribution in [0.5, 0.6) is 0 Å². The van der Waals surface area contributed by atoms with Crippen molar-refractivity contribution in [3.63, 3.8) is 0 Å². The van der Waals surface area contributed by atoms with Crippen LogP contribution in [0.25, 0.3) is 0 Å². The zero-order valence-electron chi connectivity index (χ0n) is 9.76. The Bertz CT molecular complexity index is 172. The fraction of sp³-hybridized carbons (Fsp3) is 0.917. The lowest BCUT2D eigenvalue weighted by Crippen LogP contribution is -2.26. The van der Waals surface area contributed by atoms with E-state index in [0.717, 1.165) is 12.8 Å². The van der Waals surface area contributed by atoms with Gasteiger partial charge < -0.3 is 10.1 Å². The molecule has 3 heteroatoms. The first-order valence-corrected chi connectivity index (χ1v) is 6.21. The fourth-order valence-corrected chi connectivity index (χ4v) is 2.10. The molecule has 0 aromatic carbocycles. The van der Waals surface area contributed by atoms with Gasteiger partial charge in [0.25, 0.3) is 0 Å². The SMILES string of the molecule is CNC(=O)OC1CCCCCCCCC1. The molecule has 0 radical (unpaired) electrons. The van der Waals surface area contributed by atoms with Crippen molar-refractivity contribution in [3.8, 4) is 0 Å². The first-order valence-electron chi connectivity index (χ1n) is 6.21. The Morgan fingerprint density at radius 1 is 1.00 bits per heavy atom. The molecule has 0 heterocycles. The molecule has 0 atom stereocenters. The van der Waals surface area contributed by atoms with Gasteiger partial charge in [0.15, 0.2) is 0 Å². The summed E-state index contributed by atoms with van der Waals surface area (Å²) in [5.41, 5.74) is 0. The van der Waals surface area contributed by atoms with Gasteiger partial charge in [0.05, 0.1) is 0 Å². The van der Waals surface area contributed by atoms with Crippen molar-refractivity contribution in [3.05, 3.63) is 0 Å². The van der Waals surface area contributed by atoms with E-state index in [0.29, 0.717) is 0 Å². The topological polar surface area (TPSA) is 38.3 Å². The fourth-order valence-electron chi connectivity index (χ4n) is 2.10. The minimum atomic E-state index is -0.281. The average Bonchev–Trinajstić information content (AvgIpc) is 2.27. The number of hydrogen-bond acceptors (Lipinski definition) is 2. The Hall–Kier alpha value is -0.730. The predicted molar refractivity (Wildman–Crippen MR) is 60.9 cm³/mol. The van der Waals surface area contributed by atoms with Crippen LogP contribution in [0.2, 0.25) is 0 Å². The minimum Gasteiger partial charge on any atom is -0.446 e. The third-order valence-electron chi connectivity index (χ3n) is 3.03. The quantitative estimate of drug-likeness (QED) is 0.726. The van der Waals surface area contributed by atoms with E-state index in [1.54, 1.807) is 7.05 Å². The average molecular weight is 213 g/mol. The molecule has 0 saturated heterocycles. The highest BCUT2D eigenvalue weighted by Gasteiger charge is 2.13. The van der Waals surface area contributed by atoms with Crippen LogP contribution in [0.4, 0.5) is 4.79 Å². The second kappa shape index (κ2) is 7.55. The van der Waals surface area contributed by atoms with Crippen molar-refractivity contribution < 1.29 is 9.53 Å². The van der Waals surface area contributed by atoms with Gasteiger partial charge in [0.1, 0.15) is 6.10 Å². The summed E-state index contributed by atoms with van der Waals surface area (Å²) in [4.78, 5) is 11.1. The molecule has 1 fully saturated rings. The molecule has 88 valence electrons. The van der Waals surface area contributed by atoms with E-state index in [9.17, 15) is 4.79 Å². The molecule has 1 amide bonds. The van der Waals surface area contributed by atoms with E-state index in [1.165, 1.54) is 44.9 Å². The van der Waals surface area contributed by atoms with E-state index < -0.39 is 0 Å². The molecule has 0 bridgehead atoms. The van der Waals surface area contributed by atoms with Gasteiger partial charge in [-0.3, -0.25) is 0 Å². The Labute approximate surface area is 92.6 Å². The van der Waals surface area contributed by atoms with E-state index in [-0.39, 0.29) is 12.2 Å². The molecule has 1 saturated carbocycles. The number of amides is 1. The van der Waals surface area contributed by atoms with E-state index in [4.69, 9.17) is 4.74 Å². The van der Waals surface area contributed by atoms with Crippen LogP contribution in [0.1, 0.15) is 57.8 Å². The number of nitrogens with one attached hydrogen (secondary N) is 1. The van der Waals surface area contributed by atoms with Crippen LogP contribution in [0.3, 0.4) is 0 Å². The highest BCUT2D eigenvalue weighted by Crippen LogP contribution is 2.18. The number of hydrogen-bond donors (Lipinski definition) is 1. The summed E-state index contributed by atoms with van der Waals surface area (Å²) < 4.78 is 5.32. The van der Waals surface area contributed by atoms with Crippen molar-refractivity contribution in [2.75, 3.05) is 7.05 Å². The number of ether oxygens (including phenoxy) is 1. The molecule has 1 aliphatic carbocycles. The largest absolute Gasteiger partial charge is 0.446 e. The zero-order chi connectivity index (χ0) is 10.9. The molecule has 0 aromatic rings. The third-order valence-corrected chi connectivity index (χ3v) is 3.03. The van der Waals surface area contributed by atoms with Crippen LogP contribution in [-0.4, -0.2) is 19.2 Å². The molecule has 0 aliphatic heterocycles. The van der Waals surface area contributed by atoms with Gasteiger partial charge in [0, 0.05) is 7.05 Å². The summed E-state index contributed by atoms with van der Waals surface area (Å²) in [6.07, 6.45) is 11.0. The van der Waals surface area contributed by atoms with Gasteiger partial charge in [-0.25, -0.2) is 4.79 Å². The molecule has 1 rings (SSSR count). The number of carbonyl (C=O) groups excluding carboxylic acids is 1. The first kappa shape index (κ1) is 12.3. The van der Waals surface area contributed by atoms with Crippen LogP contribution < -0.4 is 5.32 Å². The standard InChI is InChI=1S/C12H23NO2/c1-13-12(14)15-11-9-7-5-3-2-4-6-8-10-11/h11H,2-10H2,1H3,(H,13,14). The summed E-state index contributed by atoms with van der Waals surface area (Å²) in [6, 6.07) is 0. The Kier molecular flexibility index (Phi) is 6.21. The Morgan fingerprint density at radius 2 is 1.47 bits per heavy atom. The number of carbonyl (C=O) groups is 1. The lowest BCUT2D eigenvalue weighted by molar-refractivity contribution is 0.0851. The van der Waals surface area contributed by atoms with Crippen molar-refractivity contribution in [2.24, 2.45) is 0 Å². The molecule has 0 unspecified atom stereocenters. The zero-order valence-corrected chi connectivity index (χ0v) is 9.76. The summed E-state index contributed by atoms with van der Waals surface area (Å²) in [7, 11) is 1.61. The summed E-state index contributed by atoms with van der Waals surface area (Å²) >= 11 is 0. The van der Waals surface area contributed by atoms with E-state index in [2.05, 4.69) is 5.32 Å². The van der Waals surface area contributed by atoms with Crippen molar-refractivity contribution >= 4 is 6.09 Å². The normalized spacial score (nSPS) is 20.6. The lowest BCUT2D eigenvalue weighted by atomic mass is 9.99. The van der Waals surface area contributed by atoms with E-state index >= 15 is 0 Å². The van der Waals surface area contributed by atoms with Crippen molar-refractivity contribution in [1.29, 1.82) is 0 Å². The van der Waals surface area contributed by atoms with Gasteiger partial charge in [-0.1, -0.05) is 32.1 Å². The molecule has 1 N–H and O–H groups in total. The van der Waals surface area contributed by atoms with Crippen LogP contribution in [0, 0.1) is 0 Å². The molecule has 1 aliphatic rings. The first-order chi connectivity index (χ1) is 7.33. The molecule has 3 nitrogen and oxygen atoms in total.